The highest BCUT2D eigenvalue weighted by molar-refractivity contribution is 5.41. The zero-order valence-corrected chi connectivity index (χ0v) is 12.0. The zero-order valence-electron chi connectivity index (χ0n) is 12.0. The minimum atomic E-state index is -0.114. The van der Waals surface area contributed by atoms with Crippen molar-refractivity contribution in [3.8, 4) is 23.0 Å². The predicted molar refractivity (Wildman–Crippen MR) is 80.9 cm³/mol. The Labute approximate surface area is 123 Å². The summed E-state index contributed by atoms with van der Waals surface area (Å²) >= 11 is 0. The Morgan fingerprint density at radius 3 is 2.29 bits per heavy atom. The first-order chi connectivity index (χ1) is 9.97. The van der Waals surface area contributed by atoms with Crippen molar-refractivity contribution in [3.05, 3.63) is 47.5 Å². The second-order valence-corrected chi connectivity index (χ2v) is 5.36. The molecular weight excluding hydrogens is 268 g/mol. The summed E-state index contributed by atoms with van der Waals surface area (Å²) in [7, 11) is 0. The lowest BCUT2D eigenvalue weighted by atomic mass is 9.93. The SMILES string of the molecule is CC(CCCc1ccc(O)c(O)c1)c1cc(O)ccc1O. The molecule has 0 aromatic heterocycles. The van der Waals surface area contributed by atoms with Crippen molar-refractivity contribution in [2.45, 2.75) is 32.1 Å². The molecule has 0 fully saturated rings. The maximum Gasteiger partial charge on any atom is 0.157 e. The zero-order chi connectivity index (χ0) is 15.4. The van der Waals surface area contributed by atoms with Gasteiger partial charge < -0.3 is 20.4 Å². The largest absolute Gasteiger partial charge is 0.508 e. The van der Waals surface area contributed by atoms with E-state index in [0.29, 0.717) is 0 Å². The van der Waals surface area contributed by atoms with Gasteiger partial charge in [-0.2, -0.15) is 0 Å². The van der Waals surface area contributed by atoms with Gasteiger partial charge in [-0.3, -0.25) is 0 Å². The van der Waals surface area contributed by atoms with Crippen molar-refractivity contribution in [2.75, 3.05) is 0 Å². The van der Waals surface area contributed by atoms with E-state index in [9.17, 15) is 20.4 Å². The summed E-state index contributed by atoms with van der Waals surface area (Å²) < 4.78 is 0. The van der Waals surface area contributed by atoms with E-state index in [4.69, 9.17) is 0 Å². The summed E-state index contributed by atoms with van der Waals surface area (Å²) in [6.07, 6.45) is 2.50. The van der Waals surface area contributed by atoms with E-state index in [1.807, 2.05) is 6.92 Å². The number of hydrogen-bond acceptors (Lipinski definition) is 4. The van der Waals surface area contributed by atoms with Crippen molar-refractivity contribution < 1.29 is 20.4 Å². The van der Waals surface area contributed by atoms with Gasteiger partial charge in [0.25, 0.3) is 0 Å². The van der Waals surface area contributed by atoms with Crippen LogP contribution in [-0.2, 0) is 6.42 Å². The molecule has 0 radical (unpaired) electrons. The summed E-state index contributed by atoms with van der Waals surface area (Å²) in [5, 5.41) is 38.0. The Hall–Kier alpha value is -2.36. The molecular formula is C17H20O4. The van der Waals surface area contributed by atoms with E-state index in [0.717, 1.165) is 30.4 Å². The van der Waals surface area contributed by atoms with Crippen LogP contribution in [0, 0.1) is 0 Å². The van der Waals surface area contributed by atoms with Gasteiger partial charge in [-0.15, -0.1) is 0 Å². The van der Waals surface area contributed by atoms with Gasteiger partial charge in [0.15, 0.2) is 11.5 Å². The van der Waals surface area contributed by atoms with Crippen molar-refractivity contribution in [1.29, 1.82) is 0 Å². The van der Waals surface area contributed by atoms with Gasteiger partial charge in [-0.05, 0) is 61.1 Å². The molecule has 2 aromatic rings. The topological polar surface area (TPSA) is 80.9 Å². The lowest BCUT2D eigenvalue weighted by Gasteiger charge is -2.14. The van der Waals surface area contributed by atoms with Crippen LogP contribution in [0.3, 0.4) is 0 Å². The number of aromatic hydroxyl groups is 4. The molecule has 0 aliphatic rings. The van der Waals surface area contributed by atoms with Gasteiger partial charge in [0.2, 0.25) is 0 Å². The number of rotatable bonds is 5. The van der Waals surface area contributed by atoms with Crippen molar-refractivity contribution >= 4 is 0 Å². The quantitative estimate of drug-likeness (QED) is 0.500. The second-order valence-electron chi connectivity index (χ2n) is 5.36. The van der Waals surface area contributed by atoms with Gasteiger partial charge in [0.05, 0.1) is 0 Å². The molecule has 1 atom stereocenters. The molecule has 112 valence electrons. The van der Waals surface area contributed by atoms with E-state index < -0.39 is 0 Å². The van der Waals surface area contributed by atoms with Crippen LogP contribution in [-0.4, -0.2) is 20.4 Å². The molecule has 4 nitrogen and oxygen atoms in total. The first kappa shape index (κ1) is 15.0. The van der Waals surface area contributed by atoms with Crippen molar-refractivity contribution in [1.82, 2.24) is 0 Å². The normalized spacial score (nSPS) is 12.2. The minimum Gasteiger partial charge on any atom is -0.508 e. The molecule has 0 spiro atoms. The van der Waals surface area contributed by atoms with Gasteiger partial charge in [-0.1, -0.05) is 13.0 Å². The first-order valence-electron chi connectivity index (χ1n) is 7.00. The number of phenols is 4. The number of phenolic OH excluding ortho intramolecular Hbond substituents is 4. The lowest BCUT2D eigenvalue weighted by Crippen LogP contribution is -1.96. The van der Waals surface area contributed by atoms with Gasteiger partial charge >= 0.3 is 0 Å². The van der Waals surface area contributed by atoms with E-state index in [1.165, 1.54) is 18.2 Å². The molecule has 1 unspecified atom stereocenters. The molecule has 0 aliphatic carbocycles. The Balaban J connectivity index is 1.93. The summed E-state index contributed by atoms with van der Waals surface area (Å²) in [4.78, 5) is 0. The Morgan fingerprint density at radius 1 is 0.857 bits per heavy atom. The minimum absolute atomic E-state index is 0.105. The average Bonchev–Trinajstić information content (AvgIpc) is 2.45. The molecule has 0 amide bonds. The maximum atomic E-state index is 9.82. The highest BCUT2D eigenvalue weighted by Crippen LogP contribution is 2.32. The van der Waals surface area contributed by atoms with E-state index >= 15 is 0 Å². The summed E-state index contributed by atoms with van der Waals surface area (Å²) in [5.74, 6) is 0.256. The summed E-state index contributed by atoms with van der Waals surface area (Å²) in [6.45, 7) is 2.00. The standard InChI is InChI=1S/C17H20O4/c1-11(14-10-13(18)6-8-15(14)19)3-2-4-12-5-7-16(20)17(21)9-12/h5-11,18-21H,2-4H2,1H3. The third-order valence-corrected chi connectivity index (χ3v) is 3.68. The molecule has 2 aromatic carbocycles. The highest BCUT2D eigenvalue weighted by atomic mass is 16.3. The van der Waals surface area contributed by atoms with Crippen LogP contribution in [0.5, 0.6) is 23.0 Å². The Kier molecular flexibility index (Phi) is 4.58. The van der Waals surface area contributed by atoms with Crippen molar-refractivity contribution in [3.63, 3.8) is 0 Å². The van der Waals surface area contributed by atoms with Crippen LogP contribution in [0.4, 0.5) is 0 Å². The number of benzene rings is 2. The predicted octanol–water partition coefficient (Wildman–Crippen LogP) is 3.64. The monoisotopic (exact) mass is 288 g/mol. The fraction of sp³-hybridized carbons (Fsp3) is 0.294. The summed E-state index contributed by atoms with van der Waals surface area (Å²) in [5.41, 5.74) is 1.70. The van der Waals surface area contributed by atoms with E-state index in [2.05, 4.69) is 0 Å². The lowest BCUT2D eigenvalue weighted by molar-refractivity contribution is 0.403. The maximum absolute atomic E-state index is 9.82. The van der Waals surface area contributed by atoms with Crippen LogP contribution < -0.4 is 0 Å². The third kappa shape index (κ3) is 3.81. The van der Waals surface area contributed by atoms with Crippen LogP contribution in [0.15, 0.2) is 36.4 Å². The fourth-order valence-corrected chi connectivity index (χ4v) is 2.43. The molecule has 2 rings (SSSR count). The van der Waals surface area contributed by atoms with E-state index in [1.54, 1.807) is 18.2 Å². The molecule has 4 N–H and O–H groups in total. The van der Waals surface area contributed by atoms with E-state index in [-0.39, 0.29) is 28.9 Å². The number of hydrogen-bond donors (Lipinski definition) is 4. The summed E-state index contributed by atoms with van der Waals surface area (Å²) in [6, 6.07) is 9.38. The molecule has 0 saturated carbocycles. The van der Waals surface area contributed by atoms with Crippen LogP contribution in [0.25, 0.3) is 0 Å². The van der Waals surface area contributed by atoms with Crippen LogP contribution >= 0.6 is 0 Å². The molecule has 0 heterocycles. The Bertz CT molecular complexity index is 622. The molecule has 0 bridgehead atoms. The molecule has 0 aliphatic heterocycles. The first-order valence-corrected chi connectivity index (χ1v) is 7.00. The average molecular weight is 288 g/mol. The number of aryl methyl sites for hydroxylation is 1. The van der Waals surface area contributed by atoms with Gasteiger partial charge in [-0.25, -0.2) is 0 Å². The second kappa shape index (κ2) is 6.39. The van der Waals surface area contributed by atoms with Crippen LogP contribution in [0.1, 0.15) is 36.8 Å². The highest BCUT2D eigenvalue weighted by Gasteiger charge is 2.11. The fourth-order valence-electron chi connectivity index (χ4n) is 2.43. The van der Waals surface area contributed by atoms with Gasteiger partial charge in [0, 0.05) is 5.56 Å². The van der Waals surface area contributed by atoms with Gasteiger partial charge in [0.1, 0.15) is 11.5 Å². The van der Waals surface area contributed by atoms with Crippen molar-refractivity contribution in [2.24, 2.45) is 0 Å². The van der Waals surface area contributed by atoms with Crippen LogP contribution in [0.2, 0.25) is 0 Å². The molecule has 21 heavy (non-hydrogen) atoms. The molecule has 0 saturated heterocycles. The Morgan fingerprint density at radius 2 is 1.57 bits per heavy atom. The third-order valence-electron chi connectivity index (χ3n) is 3.68. The molecule has 4 heteroatoms. The smallest absolute Gasteiger partial charge is 0.157 e.